The summed E-state index contributed by atoms with van der Waals surface area (Å²) in [5.41, 5.74) is 4.16. The molecule has 1 aromatic carbocycles. The number of nitrogens with zero attached hydrogens (tertiary/aromatic N) is 5. The number of aromatic nitrogens is 4. The first-order valence-electron chi connectivity index (χ1n) is 11.6. The average Bonchev–Trinajstić information content (AvgIpc) is 3.41. The smallest absolute Gasteiger partial charge is 0.209 e. The zero-order chi connectivity index (χ0) is 21.1. The summed E-state index contributed by atoms with van der Waals surface area (Å²) in [6.45, 7) is 15.0. The Morgan fingerprint density at radius 3 is 2.70 bits per heavy atom. The molecule has 7 nitrogen and oxygen atoms in total. The van der Waals surface area contributed by atoms with Gasteiger partial charge in [-0.25, -0.2) is 4.68 Å². The number of tetrazole rings is 1. The Bertz CT molecular complexity index is 821. The number of anilines is 1. The van der Waals surface area contributed by atoms with E-state index in [2.05, 4.69) is 66.3 Å². The first kappa shape index (κ1) is 21.2. The van der Waals surface area contributed by atoms with Crippen molar-refractivity contribution in [2.45, 2.75) is 65.6 Å². The summed E-state index contributed by atoms with van der Waals surface area (Å²) in [5.74, 6) is 1.64. The van der Waals surface area contributed by atoms with Gasteiger partial charge in [0.1, 0.15) is 6.04 Å². The van der Waals surface area contributed by atoms with Gasteiger partial charge in [-0.05, 0) is 60.2 Å². The second kappa shape index (κ2) is 9.43. The summed E-state index contributed by atoms with van der Waals surface area (Å²) < 4.78 is 7.86. The van der Waals surface area contributed by atoms with Crippen molar-refractivity contribution in [3.05, 3.63) is 35.2 Å². The third kappa shape index (κ3) is 4.67. The van der Waals surface area contributed by atoms with Crippen LogP contribution in [0.15, 0.2) is 18.2 Å². The summed E-state index contributed by atoms with van der Waals surface area (Å²) in [6.07, 6.45) is 3.60. The molecule has 2 fully saturated rings. The van der Waals surface area contributed by atoms with Gasteiger partial charge in [0.15, 0.2) is 0 Å². The molecular weight excluding hydrogens is 376 g/mol. The molecule has 0 radical (unpaired) electrons. The van der Waals surface area contributed by atoms with E-state index >= 15 is 0 Å². The van der Waals surface area contributed by atoms with E-state index in [0.717, 1.165) is 64.4 Å². The number of quaternary nitrogens is 1. The van der Waals surface area contributed by atoms with E-state index in [1.165, 1.54) is 16.8 Å². The van der Waals surface area contributed by atoms with Crippen molar-refractivity contribution in [3.8, 4) is 0 Å². The molecule has 0 amide bonds. The summed E-state index contributed by atoms with van der Waals surface area (Å²) in [6, 6.07) is 6.98. The van der Waals surface area contributed by atoms with Crippen LogP contribution in [0.25, 0.3) is 0 Å². The number of piperazine rings is 1. The van der Waals surface area contributed by atoms with Crippen molar-refractivity contribution in [3.63, 3.8) is 0 Å². The van der Waals surface area contributed by atoms with Crippen molar-refractivity contribution in [2.75, 3.05) is 37.7 Å². The number of rotatable bonds is 7. The van der Waals surface area contributed by atoms with Gasteiger partial charge in [0.05, 0.1) is 38.8 Å². The molecule has 2 aromatic rings. The lowest BCUT2D eigenvalue weighted by atomic mass is 10.0. The Morgan fingerprint density at radius 2 is 2.00 bits per heavy atom. The van der Waals surface area contributed by atoms with Crippen molar-refractivity contribution in [1.29, 1.82) is 0 Å². The molecule has 30 heavy (non-hydrogen) atoms. The number of aryl methyl sites for hydroxylation is 1. The van der Waals surface area contributed by atoms with E-state index < -0.39 is 0 Å². The highest BCUT2D eigenvalue weighted by atomic mass is 16.5. The van der Waals surface area contributed by atoms with E-state index in [9.17, 15) is 0 Å². The molecule has 2 atom stereocenters. The minimum atomic E-state index is 0.253. The number of benzene rings is 1. The van der Waals surface area contributed by atoms with Gasteiger partial charge >= 0.3 is 0 Å². The molecule has 7 heteroatoms. The van der Waals surface area contributed by atoms with E-state index in [4.69, 9.17) is 4.74 Å². The summed E-state index contributed by atoms with van der Waals surface area (Å²) in [5, 5.41) is 12.9. The molecule has 0 unspecified atom stereocenters. The Labute approximate surface area is 180 Å². The van der Waals surface area contributed by atoms with E-state index in [1.54, 1.807) is 4.90 Å². The van der Waals surface area contributed by atoms with Crippen molar-refractivity contribution < 1.29 is 9.64 Å². The van der Waals surface area contributed by atoms with Gasteiger partial charge in [-0.15, -0.1) is 5.10 Å². The van der Waals surface area contributed by atoms with Crippen LogP contribution in [0.5, 0.6) is 0 Å². The van der Waals surface area contributed by atoms with E-state index in [1.807, 2.05) is 4.68 Å². The molecule has 0 saturated carbocycles. The second-order valence-corrected chi connectivity index (χ2v) is 9.40. The van der Waals surface area contributed by atoms with Crippen LogP contribution in [-0.2, 0) is 11.3 Å². The van der Waals surface area contributed by atoms with Crippen molar-refractivity contribution in [2.24, 2.45) is 5.92 Å². The van der Waals surface area contributed by atoms with Crippen LogP contribution in [0.1, 0.15) is 56.1 Å². The van der Waals surface area contributed by atoms with Crippen molar-refractivity contribution in [1.82, 2.24) is 20.2 Å². The van der Waals surface area contributed by atoms with Gasteiger partial charge in [-0.1, -0.05) is 26.0 Å². The molecule has 0 bridgehead atoms. The molecule has 0 aliphatic carbocycles. The number of hydrogen-bond donors (Lipinski definition) is 1. The Hall–Kier alpha value is -1.99. The Morgan fingerprint density at radius 1 is 1.20 bits per heavy atom. The van der Waals surface area contributed by atoms with Crippen LogP contribution in [0.4, 0.5) is 5.69 Å². The molecule has 4 rings (SSSR count). The quantitative estimate of drug-likeness (QED) is 0.752. The third-order valence-corrected chi connectivity index (χ3v) is 6.79. The highest BCUT2D eigenvalue weighted by Crippen LogP contribution is 2.24. The third-order valence-electron chi connectivity index (χ3n) is 6.79. The molecule has 3 heterocycles. The van der Waals surface area contributed by atoms with Gasteiger partial charge in [0, 0.05) is 18.7 Å². The van der Waals surface area contributed by atoms with Crippen LogP contribution < -0.4 is 9.80 Å². The van der Waals surface area contributed by atoms with Gasteiger partial charge in [-0.2, -0.15) is 0 Å². The predicted octanol–water partition coefficient (Wildman–Crippen LogP) is 1.96. The lowest BCUT2D eigenvalue weighted by Crippen LogP contribution is -3.15. The van der Waals surface area contributed by atoms with E-state index in [-0.39, 0.29) is 6.10 Å². The molecule has 1 N–H and O–H groups in total. The van der Waals surface area contributed by atoms with Gasteiger partial charge in [0.2, 0.25) is 5.82 Å². The standard InChI is InChI=1S/C23H36N6O/c1-17(2)15-22(23-24-25-26-29(23)16-20-8-6-14-30-20)28-12-10-27(11-13-28)21-9-5-7-18(3)19(21)4/h5,7,9,17,20,22H,6,8,10-16H2,1-4H3/p+1/t20-,22-/m1/s1. The molecule has 1 aromatic heterocycles. The minimum Gasteiger partial charge on any atom is -0.376 e. The average molecular weight is 414 g/mol. The van der Waals surface area contributed by atoms with E-state index in [0.29, 0.717) is 12.0 Å². The zero-order valence-electron chi connectivity index (χ0n) is 19.0. The minimum absolute atomic E-state index is 0.253. The fourth-order valence-corrected chi connectivity index (χ4v) is 4.96. The van der Waals surface area contributed by atoms with Crippen LogP contribution in [-0.4, -0.2) is 59.1 Å². The lowest BCUT2D eigenvalue weighted by molar-refractivity contribution is -0.934. The summed E-state index contributed by atoms with van der Waals surface area (Å²) in [7, 11) is 0. The molecule has 2 saturated heterocycles. The molecular formula is C23H37N6O+. The SMILES string of the molecule is Cc1cccc(N2CC[NH+]([C@H](CC(C)C)c3nnnn3C[C@H]3CCCO3)CC2)c1C. The maximum absolute atomic E-state index is 5.84. The van der Waals surface area contributed by atoms with Crippen LogP contribution in [0, 0.1) is 19.8 Å². The first-order valence-corrected chi connectivity index (χ1v) is 11.6. The maximum atomic E-state index is 5.84. The first-order chi connectivity index (χ1) is 14.5. The normalized spacial score (nSPS) is 21.5. The van der Waals surface area contributed by atoms with Crippen LogP contribution >= 0.6 is 0 Å². The van der Waals surface area contributed by atoms with Crippen LogP contribution in [0.3, 0.4) is 0 Å². The summed E-state index contributed by atoms with van der Waals surface area (Å²) >= 11 is 0. The largest absolute Gasteiger partial charge is 0.376 e. The number of hydrogen-bond acceptors (Lipinski definition) is 5. The topological polar surface area (TPSA) is 60.5 Å². The molecule has 2 aliphatic heterocycles. The zero-order valence-corrected chi connectivity index (χ0v) is 19.0. The Kier molecular flexibility index (Phi) is 6.68. The fourth-order valence-electron chi connectivity index (χ4n) is 4.96. The van der Waals surface area contributed by atoms with Crippen LogP contribution in [0.2, 0.25) is 0 Å². The maximum Gasteiger partial charge on any atom is 0.209 e. The highest BCUT2D eigenvalue weighted by molar-refractivity contribution is 5.56. The predicted molar refractivity (Wildman–Crippen MR) is 118 cm³/mol. The molecule has 164 valence electrons. The van der Waals surface area contributed by atoms with Gasteiger partial charge < -0.3 is 14.5 Å². The fraction of sp³-hybridized carbons (Fsp3) is 0.696. The number of ether oxygens (including phenoxy) is 1. The number of nitrogens with one attached hydrogen (secondary N) is 1. The van der Waals surface area contributed by atoms with Crippen molar-refractivity contribution >= 4 is 5.69 Å². The summed E-state index contributed by atoms with van der Waals surface area (Å²) in [4.78, 5) is 4.15. The molecule has 0 spiro atoms. The second-order valence-electron chi connectivity index (χ2n) is 9.40. The Balaban J connectivity index is 1.48. The monoisotopic (exact) mass is 413 g/mol. The van der Waals surface area contributed by atoms with Gasteiger partial charge in [0.25, 0.3) is 0 Å². The molecule has 2 aliphatic rings. The van der Waals surface area contributed by atoms with Gasteiger partial charge in [-0.3, -0.25) is 0 Å². The highest BCUT2D eigenvalue weighted by Gasteiger charge is 2.34. The lowest BCUT2D eigenvalue weighted by Gasteiger charge is -2.38.